The molecule has 0 atom stereocenters. The summed E-state index contributed by atoms with van der Waals surface area (Å²) < 4.78 is 37.0. The molecule has 3 aromatic rings. The molecule has 1 N–H and O–H groups in total. The molecule has 0 saturated carbocycles. The average molecular weight is 556 g/mol. The number of ether oxygens (including phenoxy) is 1. The molecule has 0 aliphatic carbocycles. The summed E-state index contributed by atoms with van der Waals surface area (Å²) in [6, 6.07) is 10.9. The molecule has 39 heavy (non-hydrogen) atoms. The summed E-state index contributed by atoms with van der Waals surface area (Å²) in [6.45, 7) is 9.45. The van der Waals surface area contributed by atoms with Gasteiger partial charge in [-0.3, -0.25) is 14.4 Å². The molecule has 212 valence electrons. The van der Waals surface area contributed by atoms with Crippen LogP contribution >= 0.6 is 0 Å². The van der Waals surface area contributed by atoms with Crippen LogP contribution in [0.5, 0.6) is 5.75 Å². The number of nitrogens with one attached hydrogen (secondary N) is 1. The Bertz CT molecular complexity index is 1390. The van der Waals surface area contributed by atoms with Crippen LogP contribution < -0.4 is 9.46 Å². The first-order valence-electron chi connectivity index (χ1n) is 13.5. The summed E-state index contributed by atoms with van der Waals surface area (Å²) in [4.78, 5) is 19.9. The Morgan fingerprint density at radius 1 is 1.03 bits per heavy atom. The molecule has 4 rings (SSSR count). The third-order valence-electron chi connectivity index (χ3n) is 7.34. The number of amides is 1. The number of nitrogens with zero attached hydrogens (tertiary/aromatic N) is 4. The van der Waals surface area contributed by atoms with Crippen molar-refractivity contribution in [3.8, 4) is 5.75 Å². The number of piperazine rings is 1. The van der Waals surface area contributed by atoms with Gasteiger partial charge in [-0.2, -0.15) is 0 Å². The Kier molecular flexibility index (Phi) is 9.19. The van der Waals surface area contributed by atoms with E-state index in [4.69, 9.17) is 4.74 Å². The van der Waals surface area contributed by atoms with Crippen LogP contribution in [0.1, 0.15) is 24.0 Å². The van der Waals surface area contributed by atoms with Gasteiger partial charge in [0.05, 0.1) is 23.2 Å². The number of sulfonamides is 1. The highest BCUT2D eigenvalue weighted by Gasteiger charge is 2.23. The lowest BCUT2D eigenvalue weighted by Gasteiger charge is -2.35. The number of carbonyl (C=O) groups is 1. The van der Waals surface area contributed by atoms with Gasteiger partial charge in [0, 0.05) is 50.7 Å². The van der Waals surface area contributed by atoms with E-state index in [0.717, 1.165) is 56.6 Å². The summed E-state index contributed by atoms with van der Waals surface area (Å²) in [7, 11) is 1.89. The Labute approximate surface area is 232 Å². The number of anilines is 1. The number of para-hydroxylation sites is 1. The van der Waals surface area contributed by atoms with Crippen LogP contribution in [-0.2, 0) is 21.4 Å². The SMILES string of the molecule is COc1cc(C)c(S(=O)(=O)Nc2cccc3ccn(CCC(=O)N4CCN(CCCN(C)C)CC4)c23)c(C)c1. The van der Waals surface area contributed by atoms with Crippen molar-refractivity contribution in [1.82, 2.24) is 19.3 Å². The molecule has 1 aliphatic heterocycles. The summed E-state index contributed by atoms with van der Waals surface area (Å²) in [5, 5.41) is 0.914. The Hall–Kier alpha value is -3.08. The number of rotatable bonds is 11. The fourth-order valence-corrected chi connectivity index (χ4v) is 6.91. The van der Waals surface area contributed by atoms with Crippen molar-refractivity contribution < 1.29 is 17.9 Å². The summed E-state index contributed by atoms with van der Waals surface area (Å²) >= 11 is 0. The van der Waals surface area contributed by atoms with Crippen molar-refractivity contribution in [3.63, 3.8) is 0 Å². The monoisotopic (exact) mass is 555 g/mol. The highest BCUT2D eigenvalue weighted by Crippen LogP contribution is 2.31. The second kappa shape index (κ2) is 12.4. The van der Waals surface area contributed by atoms with Crippen molar-refractivity contribution in [2.24, 2.45) is 0 Å². The molecule has 1 aliphatic rings. The number of fused-ring (bicyclic) bond motifs is 1. The number of aryl methyl sites for hydroxylation is 3. The molecule has 0 bridgehead atoms. The van der Waals surface area contributed by atoms with Crippen molar-refractivity contribution in [3.05, 3.63) is 53.7 Å². The third kappa shape index (κ3) is 6.93. The van der Waals surface area contributed by atoms with Gasteiger partial charge in [0.15, 0.2) is 0 Å². The molecule has 2 heterocycles. The fraction of sp³-hybridized carbons (Fsp3) is 0.483. The third-order valence-corrected chi connectivity index (χ3v) is 9.01. The van der Waals surface area contributed by atoms with Crippen LogP contribution in [0, 0.1) is 13.8 Å². The van der Waals surface area contributed by atoms with Crippen LogP contribution in [0.25, 0.3) is 10.9 Å². The molecule has 2 aromatic carbocycles. The van der Waals surface area contributed by atoms with Gasteiger partial charge < -0.3 is 19.1 Å². The maximum atomic E-state index is 13.5. The quantitative estimate of drug-likeness (QED) is 0.390. The number of carbonyl (C=O) groups excluding carboxylic acids is 1. The minimum Gasteiger partial charge on any atom is -0.497 e. The number of hydrogen-bond donors (Lipinski definition) is 1. The van der Waals surface area contributed by atoms with E-state index in [-0.39, 0.29) is 10.8 Å². The highest BCUT2D eigenvalue weighted by atomic mass is 32.2. The molecule has 9 nitrogen and oxygen atoms in total. The van der Waals surface area contributed by atoms with Crippen LogP contribution in [0.4, 0.5) is 5.69 Å². The molecular weight excluding hydrogens is 514 g/mol. The predicted octanol–water partition coefficient (Wildman–Crippen LogP) is 3.55. The van der Waals surface area contributed by atoms with Crippen LogP contribution in [0.2, 0.25) is 0 Å². The van der Waals surface area contributed by atoms with Crippen LogP contribution in [0.3, 0.4) is 0 Å². The van der Waals surface area contributed by atoms with Crippen LogP contribution in [0.15, 0.2) is 47.5 Å². The molecule has 0 spiro atoms. The smallest absolute Gasteiger partial charge is 0.262 e. The molecule has 1 aromatic heterocycles. The molecule has 10 heteroatoms. The second-order valence-corrected chi connectivity index (χ2v) is 12.2. The van der Waals surface area contributed by atoms with Gasteiger partial charge in [-0.1, -0.05) is 12.1 Å². The number of hydrogen-bond acceptors (Lipinski definition) is 6. The van der Waals surface area contributed by atoms with E-state index in [1.54, 1.807) is 39.2 Å². The lowest BCUT2D eigenvalue weighted by molar-refractivity contribution is -0.133. The van der Waals surface area contributed by atoms with Crippen molar-refractivity contribution >= 4 is 32.5 Å². The van der Waals surface area contributed by atoms with E-state index in [1.165, 1.54) is 0 Å². The minimum atomic E-state index is -3.85. The Morgan fingerprint density at radius 2 is 1.72 bits per heavy atom. The topological polar surface area (TPSA) is 87.1 Å². The van der Waals surface area contributed by atoms with Crippen LogP contribution in [-0.4, -0.2) is 94.1 Å². The lowest BCUT2D eigenvalue weighted by Crippen LogP contribution is -2.49. The van der Waals surface area contributed by atoms with Gasteiger partial charge in [0.25, 0.3) is 10.0 Å². The van der Waals surface area contributed by atoms with E-state index in [9.17, 15) is 13.2 Å². The molecular formula is C29H41N5O4S. The van der Waals surface area contributed by atoms with Gasteiger partial charge in [-0.05, 0) is 82.8 Å². The van der Waals surface area contributed by atoms with Gasteiger partial charge >= 0.3 is 0 Å². The van der Waals surface area contributed by atoms with E-state index in [2.05, 4.69) is 28.6 Å². The first-order chi connectivity index (χ1) is 18.6. The van der Waals surface area contributed by atoms with Crippen molar-refractivity contribution in [2.75, 3.05) is 65.2 Å². The van der Waals surface area contributed by atoms with Gasteiger partial charge in [0.1, 0.15) is 5.75 Å². The summed E-state index contributed by atoms with van der Waals surface area (Å²) in [5.41, 5.74) is 2.49. The largest absolute Gasteiger partial charge is 0.497 e. The summed E-state index contributed by atoms with van der Waals surface area (Å²) in [6.07, 6.45) is 3.41. The van der Waals surface area contributed by atoms with Gasteiger partial charge in [-0.25, -0.2) is 8.42 Å². The zero-order valence-corrected chi connectivity index (χ0v) is 24.6. The van der Waals surface area contributed by atoms with Crippen molar-refractivity contribution in [2.45, 2.75) is 38.1 Å². The van der Waals surface area contributed by atoms with Gasteiger partial charge in [-0.15, -0.1) is 0 Å². The molecule has 0 radical (unpaired) electrons. The fourth-order valence-electron chi connectivity index (χ4n) is 5.38. The Balaban J connectivity index is 1.44. The maximum absolute atomic E-state index is 13.5. The first kappa shape index (κ1) is 28.9. The number of aromatic nitrogens is 1. The Morgan fingerprint density at radius 3 is 2.36 bits per heavy atom. The molecule has 0 unspecified atom stereocenters. The first-order valence-corrected chi connectivity index (χ1v) is 15.0. The highest BCUT2D eigenvalue weighted by molar-refractivity contribution is 7.92. The van der Waals surface area contributed by atoms with E-state index >= 15 is 0 Å². The zero-order valence-electron chi connectivity index (χ0n) is 23.7. The van der Waals surface area contributed by atoms with E-state index < -0.39 is 10.0 Å². The molecule has 1 fully saturated rings. The zero-order chi connectivity index (χ0) is 28.2. The van der Waals surface area contributed by atoms with Crippen molar-refractivity contribution in [1.29, 1.82) is 0 Å². The number of methoxy groups -OCH3 is 1. The van der Waals surface area contributed by atoms with Gasteiger partial charge in [0.2, 0.25) is 5.91 Å². The molecule has 1 amide bonds. The molecule has 1 saturated heterocycles. The predicted molar refractivity (Wildman–Crippen MR) is 156 cm³/mol. The lowest BCUT2D eigenvalue weighted by atomic mass is 10.1. The second-order valence-electron chi connectivity index (χ2n) is 10.6. The maximum Gasteiger partial charge on any atom is 0.262 e. The summed E-state index contributed by atoms with van der Waals surface area (Å²) in [5.74, 6) is 0.752. The van der Waals surface area contributed by atoms with E-state index in [0.29, 0.717) is 35.5 Å². The minimum absolute atomic E-state index is 0.132. The average Bonchev–Trinajstić information content (AvgIpc) is 3.30. The standard InChI is InChI=1S/C29H41N5O4S/c1-22-20-25(38-5)21-23(2)29(22)39(36,37)30-26-9-6-8-24-10-14-34(28(24)26)15-11-27(35)33-18-16-32(17-19-33)13-7-12-31(3)4/h6,8-10,14,20-21,30H,7,11-13,15-19H2,1-5H3. The van der Waals surface area contributed by atoms with E-state index in [1.807, 2.05) is 33.9 Å². The normalized spacial score (nSPS) is 14.8. The number of benzene rings is 2.